The third-order valence-corrected chi connectivity index (χ3v) is 2.60. The van der Waals surface area contributed by atoms with Gasteiger partial charge in [-0.1, -0.05) is 11.6 Å². The van der Waals surface area contributed by atoms with Crippen LogP contribution in [-0.4, -0.2) is 31.6 Å². The number of halogens is 2. The molecule has 0 fully saturated rings. The minimum atomic E-state index is -0.846. The van der Waals surface area contributed by atoms with Gasteiger partial charge in [0, 0.05) is 19.2 Å². The number of anilines is 1. The fourth-order valence-electron chi connectivity index (χ4n) is 1.41. The first-order chi connectivity index (χ1) is 8.93. The van der Waals surface area contributed by atoms with Gasteiger partial charge in [0.25, 0.3) is 0 Å². The standard InChI is InChI=1S/C12H14ClFN2O3/c1-7(17)16-11(12(18)19-2)6-15-8-3-4-9(13)10(14)5-8/h3-5,11,15H,6H2,1-2H3,(H,16,17). The molecule has 0 spiro atoms. The first-order valence-corrected chi connectivity index (χ1v) is 5.85. The van der Waals surface area contributed by atoms with E-state index < -0.39 is 17.8 Å². The van der Waals surface area contributed by atoms with E-state index in [9.17, 15) is 14.0 Å². The molecule has 0 saturated heterocycles. The summed E-state index contributed by atoms with van der Waals surface area (Å²) in [7, 11) is 1.22. The Morgan fingerprint density at radius 2 is 2.16 bits per heavy atom. The highest BCUT2D eigenvalue weighted by Crippen LogP contribution is 2.18. The smallest absolute Gasteiger partial charge is 0.330 e. The van der Waals surface area contributed by atoms with Crippen molar-refractivity contribution in [2.75, 3.05) is 19.0 Å². The van der Waals surface area contributed by atoms with E-state index in [4.69, 9.17) is 11.6 Å². The number of hydrogen-bond donors (Lipinski definition) is 2. The van der Waals surface area contributed by atoms with Crippen LogP contribution in [0.25, 0.3) is 0 Å². The lowest BCUT2D eigenvalue weighted by Gasteiger charge is -2.16. The molecule has 1 aromatic rings. The van der Waals surface area contributed by atoms with Gasteiger partial charge < -0.3 is 15.4 Å². The molecule has 0 aliphatic carbocycles. The number of amides is 1. The average molecular weight is 289 g/mol. The SMILES string of the molecule is COC(=O)C(CNc1ccc(Cl)c(F)c1)NC(C)=O. The van der Waals surface area contributed by atoms with Crippen LogP contribution in [0.1, 0.15) is 6.92 Å². The molecule has 104 valence electrons. The lowest BCUT2D eigenvalue weighted by molar-refractivity contribution is -0.144. The highest BCUT2D eigenvalue weighted by atomic mass is 35.5. The number of benzene rings is 1. The van der Waals surface area contributed by atoms with Crippen LogP contribution in [0.4, 0.5) is 10.1 Å². The highest BCUT2D eigenvalue weighted by molar-refractivity contribution is 6.30. The van der Waals surface area contributed by atoms with Crippen molar-refractivity contribution in [3.63, 3.8) is 0 Å². The van der Waals surface area contributed by atoms with E-state index >= 15 is 0 Å². The average Bonchev–Trinajstić information content (AvgIpc) is 2.37. The molecule has 0 aromatic heterocycles. The van der Waals surface area contributed by atoms with Crippen LogP contribution in [0, 0.1) is 5.82 Å². The minimum Gasteiger partial charge on any atom is -0.467 e. The van der Waals surface area contributed by atoms with Gasteiger partial charge in [-0.3, -0.25) is 4.79 Å². The molecule has 0 heterocycles. The van der Waals surface area contributed by atoms with Crippen molar-refractivity contribution in [1.82, 2.24) is 5.32 Å². The molecular weight excluding hydrogens is 275 g/mol. The largest absolute Gasteiger partial charge is 0.467 e. The predicted molar refractivity (Wildman–Crippen MR) is 69.5 cm³/mol. The second-order valence-electron chi connectivity index (χ2n) is 3.79. The number of carbonyl (C=O) groups excluding carboxylic acids is 2. The molecule has 2 N–H and O–H groups in total. The van der Waals surface area contributed by atoms with Crippen LogP contribution in [0.15, 0.2) is 18.2 Å². The van der Waals surface area contributed by atoms with Gasteiger partial charge in [0.1, 0.15) is 11.9 Å². The summed E-state index contributed by atoms with van der Waals surface area (Å²) in [6.45, 7) is 1.37. The van der Waals surface area contributed by atoms with Crippen LogP contribution >= 0.6 is 11.6 Å². The molecule has 5 nitrogen and oxygen atoms in total. The van der Waals surface area contributed by atoms with Crippen molar-refractivity contribution < 1.29 is 18.7 Å². The number of carbonyl (C=O) groups is 2. The second kappa shape index (κ2) is 6.94. The van der Waals surface area contributed by atoms with Crippen molar-refractivity contribution in [1.29, 1.82) is 0 Å². The fraction of sp³-hybridized carbons (Fsp3) is 0.333. The lowest BCUT2D eigenvalue weighted by atomic mass is 10.2. The lowest BCUT2D eigenvalue weighted by Crippen LogP contribution is -2.45. The summed E-state index contributed by atoms with van der Waals surface area (Å²) in [5.74, 6) is -1.52. The Morgan fingerprint density at radius 1 is 1.47 bits per heavy atom. The summed E-state index contributed by atoms with van der Waals surface area (Å²) in [4.78, 5) is 22.4. The van der Waals surface area contributed by atoms with Crippen molar-refractivity contribution in [2.24, 2.45) is 0 Å². The maximum absolute atomic E-state index is 13.2. The summed E-state index contributed by atoms with van der Waals surface area (Å²) in [6, 6.07) is 3.31. The third kappa shape index (κ3) is 4.75. The number of methoxy groups -OCH3 is 1. The molecule has 1 unspecified atom stereocenters. The Kier molecular flexibility index (Phi) is 5.57. The minimum absolute atomic E-state index is 0.0110. The normalized spacial score (nSPS) is 11.6. The van der Waals surface area contributed by atoms with E-state index in [2.05, 4.69) is 15.4 Å². The molecule has 0 radical (unpaired) electrons. The molecule has 1 amide bonds. The predicted octanol–water partition coefficient (Wildman–Crippen LogP) is 1.57. The Bertz CT molecular complexity index is 482. The number of esters is 1. The highest BCUT2D eigenvalue weighted by Gasteiger charge is 2.19. The Labute approximate surface area is 115 Å². The van der Waals surface area contributed by atoms with Gasteiger partial charge in [-0.2, -0.15) is 0 Å². The Hall–Kier alpha value is -1.82. The maximum Gasteiger partial charge on any atom is 0.330 e. The molecular formula is C12H14ClFN2O3. The van der Waals surface area contributed by atoms with Crippen LogP contribution in [-0.2, 0) is 14.3 Å². The zero-order valence-electron chi connectivity index (χ0n) is 10.5. The summed E-state index contributed by atoms with van der Waals surface area (Å²) in [5, 5.41) is 5.26. The molecule has 0 aliphatic heterocycles. The zero-order valence-corrected chi connectivity index (χ0v) is 11.3. The molecule has 7 heteroatoms. The number of nitrogens with one attached hydrogen (secondary N) is 2. The second-order valence-corrected chi connectivity index (χ2v) is 4.19. The number of hydrogen-bond acceptors (Lipinski definition) is 4. The summed E-state index contributed by atoms with van der Waals surface area (Å²) in [5.41, 5.74) is 0.446. The van der Waals surface area contributed by atoms with Crippen LogP contribution in [0.2, 0.25) is 5.02 Å². The summed E-state index contributed by atoms with van der Waals surface area (Å²) >= 11 is 5.55. The van der Waals surface area contributed by atoms with Crippen molar-refractivity contribution in [3.05, 3.63) is 29.0 Å². The van der Waals surface area contributed by atoms with Crippen LogP contribution in [0.3, 0.4) is 0 Å². The fourth-order valence-corrected chi connectivity index (χ4v) is 1.52. The first-order valence-electron chi connectivity index (χ1n) is 5.48. The molecule has 0 aliphatic rings. The molecule has 1 atom stereocenters. The Balaban J connectivity index is 2.67. The monoisotopic (exact) mass is 288 g/mol. The molecule has 1 rings (SSSR count). The summed E-state index contributed by atoms with van der Waals surface area (Å²) in [6.07, 6.45) is 0. The van der Waals surface area contributed by atoms with E-state index in [0.717, 1.165) is 0 Å². The van der Waals surface area contributed by atoms with Crippen molar-refractivity contribution in [2.45, 2.75) is 13.0 Å². The Morgan fingerprint density at radius 3 is 2.68 bits per heavy atom. The van der Waals surface area contributed by atoms with E-state index in [0.29, 0.717) is 5.69 Å². The summed E-state index contributed by atoms with van der Waals surface area (Å²) < 4.78 is 17.8. The van der Waals surface area contributed by atoms with Gasteiger partial charge in [-0.25, -0.2) is 9.18 Å². The van der Waals surface area contributed by atoms with E-state index in [1.54, 1.807) is 6.07 Å². The van der Waals surface area contributed by atoms with Crippen LogP contribution < -0.4 is 10.6 Å². The van der Waals surface area contributed by atoms with E-state index in [-0.39, 0.29) is 17.5 Å². The topological polar surface area (TPSA) is 67.4 Å². The maximum atomic E-state index is 13.2. The van der Waals surface area contributed by atoms with E-state index in [1.807, 2.05) is 0 Å². The molecule has 1 aromatic carbocycles. The van der Waals surface area contributed by atoms with Gasteiger partial charge in [-0.05, 0) is 18.2 Å². The molecule has 0 saturated carbocycles. The quantitative estimate of drug-likeness (QED) is 0.807. The first kappa shape index (κ1) is 15.2. The number of ether oxygens (including phenoxy) is 1. The zero-order chi connectivity index (χ0) is 14.4. The van der Waals surface area contributed by atoms with Crippen molar-refractivity contribution in [3.8, 4) is 0 Å². The molecule has 0 bridgehead atoms. The van der Waals surface area contributed by atoms with Gasteiger partial charge in [0.2, 0.25) is 5.91 Å². The van der Waals surface area contributed by atoms with Crippen molar-refractivity contribution >= 4 is 29.2 Å². The van der Waals surface area contributed by atoms with E-state index in [1.165, 1.54) is 26.2 Å². The molecule has 19 heavy (non-hydrogen) atoms. The van der Waals surface area contributed by atoms with Crippen LogP contribution in [0.5, 0.6) is 0 Å². The van der Waals surface area contributed by atoms with Gasteiger partial charge in [0.15, 0.2) is 0 Å². The number of rotatable bonds is 5. The van der Waals surface area contributed by atoms with Gasteiger partial charge >= 0.3 is 5.97 Å². The van der Waals surface area contributed by atoms with Gasteiger partial charge in [-0.15, -0.1) is 0 Å². The van der Waals surface area contributed by atoms with Gasteiger partial charge in [0.05, 0.1) is 12.1 Å². The third-order valence-electron chi connectivity index (χ3n) is 2.29.